The standard InChI is InChI=1S/C8H11FNO3P.ClH/c9-7-3-1-6(2-4-7)8(5-10)14(11,12)13;/h1-4,8H,5,10H2,(H2,11,12,13);1H. The fourth-order valence-electron chi connectivity index (χ4n) is 1.15. The lowest BCUT2D eigenvalue weighted by molar-refractivity contribution is 0.359. The van der Waals surface area contributed by atoms with Crippen LogP contribution >= 0.6 is 20.0 Å². The Hall–Kier alpha value is -0.450. The van der Waals surface area contributed by atoms with Gasteiger partial charge < -0.3 is 15.5 Å². The van der Waals surface area contributed by atoms with E-state index in [4.69, 9.17) is 15.5 Å². The predicted molar refractivity (Wildman–Crippen MR) is 57.5 cm³/mol. The van der Waals surface area contributed by atoms with E-state index in [-0.39, 0.29) is 19.0 Å². The molecule has 0 aliphatic rings. The summed E-state index contributed by atoms with van der Waals surface area (Å²) in [5.41, 5.74) is 4.54. The SMILES string of the molecule is Cl.NCC(c1ccc(F)cc1)P(=O)(O)O. The first-order valence-corrected chi connectivity index (χ1v) is 5.64. The smallest absolute Gasteiger partial charge is 0.329 e. The van der Waals surface area contributed by atoms with Crippen LogP contribution in [-0.2, 0) is 4.57 Å². The minimum absolute atomic E-state index is 0. The van der Waals surface area contributed by atoms with Gasteiger partial charge in [0.2, 0.25) is 0 Å². The zero-order chi connectivity index (χ0) is 10.8. The summed E-state index contributed by atoms with van der Waals surface area (Å²) < 4.78 is 23.5. The van der Waals surface area contributed by atoms with Gasteiger partial charge in [0.05, 0.1) is 5.66 Å². The molecule has 4 nitrogen and oxygen atoms in total. The van der Waals surface area contributed by atoms with E-state index < -0.39 is 19.1 Å². The summed E-state index contributed by atoms with van der Waals surface area (Å²) >= 11 is 0. The van der Waals surface area contributed by atoms with E-state index in [1.807, 2.05) is 0 Å². The Kier molecular flexibility index (Phi) is 5.42. The number of hydrogen-bond acceptors (Lipinski definition) is 2. The second-order valence-electron chi connectivity index (χ2n) is 2.89. The largest absolute Gasteiger partial charge is 0.334 e. The Morgan fingerprint density at radius 1 is 1.33 bits per heavy atom. The fourth-order valence-corrected chi connectivity index (χ4v) is 1.99. The van der Waals surface area contributed by atoms with Crippen molar-refractivity contribution in [3.63, 3.8) is 0 Å². The number of nitrogens with two attached hydrogens (primary N) is 1. The van der Waals surface area contributed by atoms with E-state index >= 15 is 0 Å². The lowest BCUT2D eigenvalue weighted by Crippen LogP contribution is -2.12. The van der Waals surface area contributed by atoms with Crippen LogP contribution in [0.5, 0.6) is 0 Å². The molecule has 1 atom stereocenters. The van der Waals surface area contributed by atoms with Crippen molar-refractivity contribution < 1.29 is 18.7 Å². The van der Waals surface area contributed by atoms with E-state index in [1.54, 1.807) is 0 Å². The average molecular weight is 256 g/mol. The molecule has 0 heterocycles. The molecule has 7 heteroatoms. The molecule has 1 unspecified atom stereocenters. The van der Waals surface area contributed by atoms with Gasteiger partial charge in [-0.05, 0) is 17.7 Å². The first-order valence-electron chi connectivity index (χ1n) is 3.96. The van der Waals surface area contributed by atoms with E-state index in [1.165, 1.54) is 12.1 Å². The third-order valence-corrected chi connectivity index (χ3v) is 3.21. The van der Waals surface area contributed by atoms with Crippen LogP contribution in [0.25, 0.3) is 0 Å². The first-order chi connectivity index (χ1) is 6.45. The highest BCUT2D eigenvalue weighted by Gasteiger charge is 2.28. The number of halogens is 2. The highest BCUT2D eigenvalue weighted by molar-refractivity contribution is 7.52. The van der Waals surface area contributed by atoms with Crippen LogP contribution in [0.15, 0.2) is 24.3 Å². The van der Waals surface area contributed by atoms with Crippen molar-refractivity contribution in [1.29, 1.82) is 0 Å². The Labute approximate surface area is 92.9 Å². The van der Waals surface area contributed by atoms with Gasteiger partial charge in [-0.25, -0.2) is 4.39 Å². The van der Waals surface area contributed by atoms with Gasteiger partial charge in [0.25, 0.3) is 0 Å². The van der Waals surface area contributed by atoms with Crippen LogP contribution < -0.4 is 5.73 Å². The highest BCUT2D eigenvalue weighted by atomic mass is 35.5. The Morgan fingerprint density at radius 2 is 1.80 bits per heavy atom. The van der Waals surface area contributed by atoms with Crippen LogP contribution in [0.3, 0.4) is 0 Å². The van der Waals surface area contributed by atoms with E-state index in [0.717, 1.165) is 12.1 Å². The molecule has 1 rings (SSSR count). The quantitative estimate of drug-likeness (QED) is 0.714. The maximum Gasteiger partial charge on any atom is 0.334 e. The van der Waals surface area contributed by atoms with Gasteiger partial charge in [-0.3, -0.25) is 4.57 Å². The summed E-state index contributed by atoms with van der Waals surface area (Å²) in [6, 6.07) is 4.94. The normalized spacial score (nSPS) is 13.1. The third kappa shape index (κ3) is 3.89. The molecule has 86 valence electrons. The zero-order valence-electron chi connectivity index (χ0n) is 7.71. The van der Waals surface area contributed by atoms with Gasteiger partial charge in [0.1, 0.15) is 5.82 Å². The van der Waals surface area contributed by atoms with Crippen LogP contribution in [-0.4, -0.2) is 16.3 Å². The molecular weight excluding hydrogens is 244 g/mol. The van der Waals surface area contributed by atoms with Crippen LogP contribution in [0.2, 0.25) is 0 Å². The van der Waals surface area contributed by atoms with Crippen molar-refractivity contribution in [3.8, 4) is 0 Å². The molecule has 0 saturated carbocycles. The fraction of sp³-hybridized carbons (Fsp3) is 0.250. The van der Waals surface area contributed by atoms with E-state index in [0.29, 0.717) is 5.56 Å². The second-order valence-corrected chi connectivity index (χ2v) is 4.69. The predicted octanol–water partition coefficient (Wildman–Crippen LogP) is 1.43. The molecule has 15 heavy (non-hydrogen) atoms. The molecule has 0 spiro atoms. The summed E-state index contributed by atoms with van der Waals surface area (Å²) in [5, 5.41) is 0. The van der Waals surface area contributed by atoms with Gasteiger partial charge in [-0.15, -0.1) is 12.4 Å². The minimum Gasteiger partial charge on any atom is -0.329 e. The maximum atomic E-state index is 12.5. The lowest BCUT2D eigenvalue weighted by Gasteiger charge is -2.16. The number of benzene rings is 1. The Balaban J connectivity index is 0.00000196. The molecular formula is C8H12ClFNO3P. The molecule has 0 fully saturated rings. The topological polar surface area (TPSA) is 83.6 Å². The van der Waals surface area contributed by atoms with Crippen molar-refractivity contribution in [1.82, 2.24) is 0 Å². The molecule has 0 amide bonds. The van der Waals surface area contributed by atoms with Crippen molar-refractivity contribution >= 4 is 20.0 Å². The van der Waals surface area contributed by atoms with Crippen LogP contribution in [0.4, 0.5) is 4.39 Å². The summed E-state index contributed by atoms with van der Waals surface area (Å²) in [5.74, 6) is -0.449. The van der Waals surface area contributed by atoms with Gasteiger partial charge >= 0.3 is 7.60 Å². The molecule has 1 aromatic rings. The molecule has 4 N–H and O–H groups in total. The average Bonchev–Trinajstić information content (AvgIpc) is 2.07. The van der Waals surface area contributed by atoms with E-state index in [9.17, 15) is 8.96 Å². The van der Waals surface area contributed by atoms with Gasteiger partial charge in [0, 0.05) is 6.54 Å². The molecule has 0 bridgehead atoms. The number of rotatable bonds is 3. The van der Waals surface area contributed by atoms with Crippen molar-refractivity contribution in [2.45, 2.75) is 5.66 Å². The molecule has 0 radical (unpaired) electrons. The van der Waals surface area contributed by atoms with Crippen molar-refractivity contribution in [2.24, 2.45) is 5.73 Å². The second kappa shape index (κ2) is 5.58. The summed E-state index contributed by atoms with van der Waals surface area (Å²) in [7, 11) is -4.26. The molecule has 0 aliphatic carbocycles. The Morgan fingerprint density at radius 3 is 2.13 bits per heavy atom. The summed E-state index contributed by atoms with van der Waals surface area (Å²) in [6.45, 7) is -0.171. The monoisotopic (exact) mass is 255 g/mol. The minimum atomic E-state index is -4.26. The summed E-state index contributed by atoms with van der Waals surface area (Å²) in [4.78, 5) is 17.9. The van der Waals surface area contributed by atoms with Crippen molar-refractivity contribution in [3.05, 3.63) is 35.6 Å². The van der Waals surface area contributed by atoms with E-state index in [2.05, 4.69) is 0 Å². The number of hydrogen-bond donors (Lipinski definition) is 3. The zero-order valence-corrected chi connectivity index (χ0v) is 9.42. The van der Waals surface area contributed by atoms with Crippen LogP contribution in [0.1, 0.15) is 11.2 Å². The third-order valence-electron chi connectivity index (χ3n) is 1.88. The van der Waals surface area contributed by atoms with Gasteiger partial charge in [-0.2, -0.15) is 0 Å². The Bertz CT molecular complexity index is 353. The highest BCUT2D eigenvalue weighted by Crippen LogP contribution is 2.50. The molecule has 0 aliphatic heterocycles. The first kappa shape index (κ1) is 14.6. The maximum absolute atomic E-state index is 12.5. The summed E-state index contributed by atoms with van der Waals surface area (Å²) in [6.07, 6.45) is 0. The molecule has 0 saturated heterocycles. The van der Waals surface area contributed by atoms with Crippen molar-refractivity contribution in [2.75, 3.05) is 6.54 Å². The molecule has 0 aromatic heterocycles. The lowest BCUT2D eigenvalue weighted by atomic mass is 10.1. The van der Waals surface area contributed by atoms with Gasteiger partial charge in [0.15, 0.2) is 0 Å². The molecule has 1 aromatic carbocycles. The van der Waals surface area contributed by atoms with Crippen LogP contribution in [0, 0.1) is 5.82 Å². The van der Waals surface area contributed by atoms with Gasteiger partial charge in [-0.1, -0.05) is 12.1 Å².